The molecule has 0 fully saturated rings. The van der Waals surface area contributed by atoms with Crippen molar-refractivity contribution in [2.75, 3.05) is 6.61 Å². The predicted molar refractivity (Wildman–Crippen MR) is 90.6 cm³/mol. The summed E-state index contributed by atoms with van der Waals surface area (Å²) in [6.45, 7) is 2.06. The monoisotopic (exact) mass is 324 g/mol. The highest BCUT2D eigenvalue weighted by Gasteiger charge is 2.23. The number of hydrogen-bond donors (Lipinski definition) is 1. The lowest BCUT2D eigenvalue weighted by Crippen LogP contribution is -2.15. The van der Waals surface area contributed by atoms with Gasteiger partial charge in [-0.1, -0.05) is 12.1 Å². The highest BCUT2D eigenvalue weighted by Crippen LogP contribution is 2.29. The normalized spacial score (nSPS) is 13.2. The van der Waals surface area contributed by atoms with E-state index in [1.165, 1.54) is 6.07 Å². The molecule has 2 aromatic carbocycles. The summed E-state index contributed by atoms with van der Waals surface area (Å²) in [7, 11) is 0. The number of ether oxygens (including phenoxy) is 1. The fourth-order valence-electron chi connectivity index (χ4n) is 3.21. The van der Waals surface area contributed by atoms with Crippen molar-refractivity contribution >= 4 is 11.8 Å². The van der Waals surface area contributed by atoms with Crippen LogP contribution in [0.15, 0.2) is 36.4 Å². The highest BCUT2D eigenvalue weighted by molar-refractivity contribution is 6.11. The fourth-order valence-corrected chi connectivity index (χ4v) is 3.21. The Balaban J connectivity index is 2.09. The number of para-hydroxylation sites is 1. The molecule has 0 saturated heterocycles. The van der Waals surface area contributed by atoms with Crippen molar-refractivity contribution < 1.29 is 19.4 Å². The van der Waals surface area contributed by atoms with Gasteiger partial charge in [-0.05, 0) is 68.0 Å². The second kappa shape index (κ2) is 6.87. The van der Waals surface area contributed by atoms with Gasteiger partial charge in [0.15, 0.2) is 5.78 Å². The molecule has 0 unspecified atom stereocenters. The molecule has 24 heavy (non-hydrogen) atoms. The van der Waals surface area contributed by atoms with Gasteiger partial charge in [-0.3, -0.25) is 4.79 Å². The first-order valence-electron chi connectivity index (χ1n) is 8.27. The van der Waals surface area contributed by atoms with Crippen LogP contribution >= 0.6 is 0 Å². The summed E-state index contributed by atoms with van der Waals surface area (Å²) in [5.74, 6) is -0.729. The summed E-state index contributed by atoms with van der Waals surface area (Å²) in [4.78, 5) is 25.1. The first-order chi connectivity index (χ1) is 11.6. The predicted octanol–water partition coefficient (Wildman–Crippen LogP) is 3.68. The van der Waals surface area contributed by atoms with Crippen LogP contribution in [0.2, 0.25) is 0 Å². The van der Waals surface area contributed by atoms with E-state index in [1.807, 2.05) is 6.07 Å². The Morgan fingerprint density at radius 2 is 1.83 bits per heavy atom. The van der Waals surface area contributed by atoms with Crippen LogP contribution in [0.4, 0.5) is 0 Å². The third-order valence-corrected chi connectivity index (χ3v) is 4.37. The molecule has 3 rings (SSSR count). The minimum atomic E-state index is -0.386. The Morgan fingerprint density at radius 1 is 1.08 bits per heavy atom. The van der Waals surface area contributed by atoms with Crippen molar-refractivity contribution in [3.05, 3.63) is 64.2 Å². The number of hydrogen-bond acceptors (Lipinski definition) is 4. The number of fused-ring (bicyclic) bond motifs is 1. The van der Waals surface area contributed by atoms with E-state index in [-0.39, 0.29) is 23.1 Å². The van der Waals surface area contributed by atoms with Gasteiger partial charge in [-0.15, -0.1) is 0 Å². The summed E-state index contributed by atoms with van der Waals surface area (Å²) in [6, 6.07) is 9.91. The molecule has 0 saturated carbocycles. The van der Waals surface area contributed by atoms with Crippen LogP contribution in [-0.2, 0) is 17.6 Å². The number of carbonyl (C=O) groups excluding carboxylic acids is 2. The van der Waals surface area contributed by atoms with Crippen molar-refractivity contribution in [2.45, 2.75) is 32.6 Å². The second-order valence-electron chi connectivity index (χ2n) is 5.94. The van der Waals surface area contributed by atoms with Gasteiger partial charge >= 0.3 is 5.97 Å². The molecule has 0 bridgehead atoms. The molecular formula is C20H20O4. The Morgan fingerprint density at radius 3 is 2.58 bits per heavy atom. The van der Waals surface area contributed by atoms with Crippen molar-refractivity contribution in [1.29, 1.82) is 0 Å². The maximum Gasteiger partial charge on any atom is 0.338 e. The van der Waals surface area contributed by atoms with E-state index in [9.17, 15) is 14.7 Å². The smallest absolute Gasteiger partial charge is 0.338 e. The molecule has 0 heterocycles. The molecule has 1 aliphatic carbocycles. The highest BCUT2D eigenvalue weighted by atomic mass is 16.5. The first kappa shape index (κ1) is 16.2. The standard InChI is InChI=1S/C20H20O4/c1-2-24-20(23)17-12-14(11-13-7-3-4-8-15(13)17)19(22)16-9-5-6-10-18(16)21/h5-6,9-12,21H,2-4,7-8H2,1H3. The van der Waals surface area contributed by atoms with Crippen molar-refractivity contribution in [2.24, 2.45) is 0 Å². The molecule has 124 valence electrons. The summed E-state index contributed by atoms with van der Waals surface area (Å²) >= 11 is 0. The molecule has 0 amide bonds. The van der Waals surface area contributed by atoms with Crippen LogP contribution in [0, 0.1) is 0 Å². The first-order valence-corrected chi connectivity index (χ1v) is 8.27. The van der Waals surface area contributed by atoms with Crippen LogP contribution in [-0.4, -0.2) is 23.5 Å². The number of aromatic hydroxyl groups is 1. The molecule has 2 aromatic rings. The van der Waals surface area contributed by atoms with Gasteiger partial charge in [0.25, 0.3) is 0 Å². The zero-order chi connectivity index (χ0) is 17.1. The topological polar surface area (TPSA) is 63.6 Å². The molecule has 0 aliphatic heterocycles. The number of esters is 1. The van der Waals surface area contributed by atoms with Crippen molar-refractivity contribution in [3.8, 4) is 5.75 Å². The maximum atomic E-state index is 12.8. The Hall–Kier alpha value is -2.62. The molecule has 0 spiro atoms. The van der Waals surface area contributed by atoms with Crippen LogP contribution in [0.5, 0.6) is 5.75 Å². The van der Waals surface area contributed by atoms with Crippen LogP contribution < -0.4 is 0 Å². The van der Waals surface area contributed by atoms with Gasteiger partial charge in [-0.25, -0.2) is 4.79 Å². The number of rotatable bonds is 4. The van der Waals surface area contributed by atoms with Crippen LogP contribution in [0.1, 0.15) is 57.2 Å². The van der Waals surface area contributed by atoms with E-state index >= 15 is 0 Å². The minimum absolute atomic E-state index is 0.0575. The molecule has 0 radical (unpaired) electrons. The summed E-state index contributed by atoms with van der Waals surface area (Å²) < 4.78 is 5.16. The van der Waals surface area contributed by atoms with Crippen molar-refractivity contribution in [1.82, 2.24) is 0 Å². The Kier molecular flexibility index (Phi) is 4.65. The third kappa shape index (κ3) is 3.04. The number of ketones is 1. The van der Waals surface area contributed by atoms with E-state index in [2.05, 4.69) is 0 Å². The van der Waals surface area contributed by atoms with E-state index < -0.39 is 0 Å². The van der Waals surface area contributed by atoms with E-state index in [0.29, 0.717) is 17.7 Å². The molecule has 0 aromatic heterocycles. The zero-order valence-corrected chi connectivity index (χ0v) is 13.7. The molecule has 1 aliphatic rings. The van der Waals surface area contributed by atoms with Crippen LogP contribution in [0.25, 0.3) is 0 Å². The van der Waals surface area contributed by atoms with Gasteiger partial charge in [0.05, 0.1) is 17.7 Å². The fraction of sp³-hybridized carbons (Fsp3) is 0.300. The number of aryl methyl sites for hydroxylation is 1. The molecule has 0 atom stereocenters. The van der Waals surface area contributed by atoms with Crippen LogP contribution in [0.3, 0.4) is 0 Å². The minimum Gasteiger partial charge on any atom is -0.507 e. The third-order valence-electron chi connectivity index (χ3n) is 4.37. The quantitative estimate of drug-likeness (QED) is 0.688. The SMILES string of the molecule is CCOC(=O)c1cc(C(=O)c2ccccc2O)cc2c1CCCC2. The summed E-state index contributed by atoms with van der Waals surface area (Å²) in [6.07, 6.45) is 3.76. The zero-order valence-electron chi connectivity index (χ0n) is 13.7. The van der Waals surface area contributed by atoms with E-state index in [0.717, 1.165) is 36.8 Å². The average molecular weight is 324 g/mol. The maximum absolute atomic E-state index is 12.8. The number of phenols is 1. The van der Waals surface area contributed by atoms with E-state index in [1.54, 1.807) is 31.2 Å². The number of phenolic OH excluding ortho intramolecular Hbond substituents is 1. The van der Waals surface area contributed by atoms with Gasteiger partial charge in [-0.2, -0.15) is 0 Å². The number of carbonyl (C=O) groups is 2. The van der Waals surface area contributed by atoms with Gasteiger partial charge in [0, 0.05) is 5.56 Å². The molecular weight excluding hydrogens is 304 g/mol. The van der Waals surface area contributed by atoms with Gasteiger partial charge in [0.2, 0.25) is 0 Å². The number of benzene rings is 2. The van der Waals surface area contributed by atoms with Gasteiger partial charge in [0.1, 0.15) is 5.75 Å². The molecule has 1 N–H and O–H groups in total. The second-order valence-corrected chi connectivity index (χ2v) is 5.94. The molecule has 4 nitrogen and oxygen atoms in total. The largest absolute Gasteiger partial charge is 0.507 e. The lowest BCUT2D eigenvalue weighted by Gasteiger charge is -2.20. The summed E-state index contributed by atoms with van der Waals surface area (Å²) in [5.41, 5.74) is 3.16. The van der Waals surface area contributed by atoms with E-state index in [4.69, 9.17) is 4.74 Å². The Labute approximate surface area is 141 Å². The lowest BCUT2D eigenvalue weighted by molar-refractivity contribution is 0.0524. The lowest BCUT2D eigenvalue weighted by atomic mass is 9.85. The molecule has 4 heteroatoms. The Bertz CT molecular complexity index is 792. The van der Waals surface area contributed by atoms with Gasteiger partial charge < -0.3 is 9.84 Å². The van der Waals surface area contributed by atoms with Crippen molar-refractivity contribution in [3.63, 3.8) is 0 Å². The average Bonchev–Trinajstić information content (AvgIpc) is 2.60. The summed E-state index contributed by atoms with van der Waals surface area (Å²) in [5, 5.41) is 9.93.